The first-order valence-electron chi connectivity index (χ1n) is 8.66. The second kappa shape index (κ2) is 7.85. The van der Waals surface area contributed by atoms with Crippen molar-refractivity contribution in [1.82, 2.24) is 9.88 Å². The van der Waals surface area contributed by atoms with E-state index >= 15 is 0 Å². The first kappa shape index (κ1) is 17.7. The number of para-hydroxylation sites is 1. The van der Waals surface area contributed by atoms with Crippen LogP contribution in [-0.2, 0) is 6.54 Å². The maximum atomic E-state index is 4.83. The molecule has 3 nitrogen and oxygen atoms in total. The van der Waals surface area contributed by atoms with Crippen molar-refractivity contribution in [1.29, 1.82) is 0 Å². The van der Waals surface area contributed by atoms with E-state index < -0.39 is 0 Å². The van der Waals surface area contributed by atoms with Gasteiger partial charge in [-0.3, -0.25) is 4.90 Å². The third-order valence-corrected chi connectivity index (χ3v) is 4.81. The summed E-state index contributed by atoms with van der Waals surface area (Å²) in [6, 6.07) is 21.5. The van der Waals surface area contributed by atoms with Crippen LogP contribution in [0.2, 0.25) is 0 Å². The van der Waals surface area contributed by atoms with Gasteiger partial charge < -0.3 is 4.90 Å². The van der Waals surface area contributed by atoms with Gasteiger partial charge in [0.2, 0.25) is 0 Å². The molecule has 0 radical (unpaired) electrons. The minimum Gasteiger partial charge on any atom is -0.354 e. The predicted octanol–water partition coefficient (Wildman–Crippen LogP) is 4.29. The van der Waals surface area contributed by atoms with Gasteiger partial charge in [0.1, 0.15) is 5.82 Å². The third kappa shape index (κ3) is 4.12. The van der Waals surface area contributed by atoms with E-state index in [1.165, 1.54) is 16.5 Å². The van der Waals surface area contributed by atoms with Crippen LogP contribution < -0.4 is 4.90 Å². The van der Waals surface area contributed by atoms with Crippen LogP contribution in [-0.4, -0.2) is 36.1 Å². The van der Waals surface area contributed by atoms with Crippen molar-refractivity contribution in [2.24, 2.45) is 0 Å². The topological polar surface area (TPSA) is 19.4 Å². The zero-order chi connectivity index (χ0) is 16.4. The summed E-state index contributed by atoms with van der Waals surface area (Å²) in [5, 5.41) is 1.21. The third-order valence-electron chi connectivity index (χ3n) is 4.81. The van der Waals surface area contributed by atoms with Crippen LogP contribution in [0.1, 0.15) is 11.1 Å². The van der Waals surface area contributed by atoms with Crippen molar-refractivity contribution in [3.63, 3.8) is 0 Å². The molecule has 4 rings (SSSR count). The molecule has 0 amide bonds. The largest absolute Gasteiger partial charge is 0.354 e. The molecule has 3 aromatic rings. The van der Waals surface area contributed by atoms with Crippen LogP contribution >= 0.6 is 12.4 Å². The molecule has 130 valence electrons. The molecular formula is C21H24ClN3. The van der Waals surface area contributed by atoms with Crippen molar-refractivity contribution in [2.75, 3.05) is 31.1 Å². The highest BCUT2D eigenvalue weighted by atomic mass is 35.5. The number of aryl methyl sites for hydroxylation is 1. The van der Waals surface area contributed by atoms with Gasteiger partial charge in [-0.25, -0.2) is 4.98 Å². The smallest absolute Gasteiger partial charge is 0.129 e. The van der Waals surface area contributed by atoms with Gasteiger partial charge in [-0.2, -0.15) is 0 Å². The van der Waals surface area contributed by atoms with E-state index in [2.05, 4.69) is 77.4 Å². The molecule has 0 unspecified atom stereocenters. The van der Waals surface area contributed by atoms with Gasteiger partial charge in [0, 0.05) is 38.1 Å². The summed E-state index contributed by atoms with van der Waals surface area (Å²) < 4.78 is 0. The Bertz CT molecular complexity index is 824. The van der Waals surface area contributed by atoms with Crippen LogP contribution in [0, 0.1) is 6.92 Å². The van der Waals surface area contributed by atoms with Gasteiger partial charge in [-0.05, 0) is 30.7 Å². The maximum Gasteiger partial charge on any atom is 0.129 e. The summed E-state index contributed by atoms with van der Waals surface area (Å²) in [6.45, 7) is 7.43. The van der Waals surface area contributed by atoms with Gasteiger partial charge in [0.05, 0.1) is 5.52 Å². The molecule has 1 aliphatic heterocycles. The number of anilines is 1. The average Bonchev–Trinajstić information content (AvgIpc) is 2.64. The molecule has 0 aliphatic carbocycles. The first-order chi connectivity index (χ1) is 11.8. The summed E-state index contributed by atoms with van der Waals surface area (Å²) in [4.78, 5) is 9.76. The number of fused-ring (bicyclic) bond motifs is 1. The Kier molecular flexibility index (Phi) is 5.57. The zero-order valence-electron chi connectivity index (χ0n) is 14.6. The molecule has 0 spiro atoms. The second-order valence-corrected chi connectivity index (χ2v) is 6.61. The Morgan fingerprint density at radius 2 is 1.56 bits per heavy atom. The first-order valence-corrected chi connectivity index (χ1v) is 8.66. The van der Waals surface area contributed by atoms with Gasteiger partial charge in [-0.15, -0.1) is 12.4 Å². The number of benzene rings is 2. The normalized spacial score (nSPS) is 15.2. The Morgan fingerprint density at radius 3 is 2.32 bits per heavy atom. The molecule has 1 aromatic heterocycles. The number of aromatic nitrogens is 1. The number of hydrogen-bond donors (Lipinski definition) is 0. The van der Waals surface area contributed by atoms with Gasteiger partial charge in [0.15, 0.2) is 0 Å². The standard InChI is InChI=1S/C21H23N3.ClH/c1-17-6-8-18(9-7-17)16-23-12-14-24(15-13-23)21-11-10-19-4-2-3-5-20(19)22-21;/h2-11H,12-16H2,1H3;1H. The number of rotatable bonds is 3. The molecule has 0 atom stereocenters. The predicted molar refractivity (Wildman–Crippen MR) is 108 cm³/mol. The summed E-state index contributed by atoms with van der Waals surface area (Å²) in [7, 11) is 0. The Hall–Kier alpha value is -2.10. The average molecular weight is 354 g/mol. The molecule has 1 fully saturated rings. The molecule has 2 aromatic carbocycles. The van der Waals surface area contributed by atoms with E-state index in [-0.39, 0.29) is 12.4 Å². The highest BCUT2D eigenvalue weighted by molar-refractivity contribution is 5.85. The van der Waals surface area contributed by atoms with E-state index in [0.717, 1.165) is 44.1 Å². The SMILES string of the molecule is Cc1ccc(CN2CCN(c3ccc4ccccc4n3)CC2)cc1.Cl. The Balaban J connectivity index is 0.00000182. The zero-order valence-corrected chi connectivity index (χ0v) is 15.4. The van der Waals surface area contributed by atoms with E-state index in [9.17, 15) is 0 Å². The number of piperazine rings is 1. The van der Waals surface area contributed by atoms with Gasteiger partial charge in [-0.1, -0.05) is 48.0 Å². The molecule has 0 saturated carbocycles. The van der Waals surface area contributed by atoms with Crippen LogP contribution in [0.4, 0.5) is 5.82 Å². The second-order valence-electron chi connectivity index (χ2n) is 6.61. The van der Waals surface area contributed by atoms with Crippen LogP contribution in [0.25, 0.3) is 10.9 Å². The fraction of sp³-hybridized carbons (Fsp3) is 0.286. The lowest BCUT2D eigenvalue weighted by atomic mass is 10.1. The summed E-state index contributed by atoms with van der Waals surface area (Å²) in [6.07, 6.45) is 0. The van der Waals surface area contributed by atoms with Crippen molar-refractivity contribution in [3.05, 3.63) is 71.8 Å². The van der Waals surface area contributed by atoms with E-state index in [1.807, 2.05) is 0 Å². The van der Waals surface area contributed by atoms with Crippen molar-refractivity contribution < 1.29 is 0 Å². The van der Waals surface area contributed by atoms with E-state index in [1.54, 1.807) is 0 Å². The van der Waals surface area contributed by atoms with Crippen molar-refractivity contribution in [2.45, 2.75) is 13.5 Å². The van der Waals surface area contributed by atoms with Crippen LogP contribution in [0.5, 0.6) is 0 Å². The molecule has 1 aliphatic rings. The number of nitrogens with zero attached hydrogens (tertiary/aromatic N) is 3. The quantitative estimate of drug-likeness (QED) is 0.700. The Morgan fingerprint density at radius 1 is 0.840 bits per heavy atom. The van der Waals surface area contributed by atoms with E-state index in [0.29, 0.717) is 0 Å². The lowest BCUT2D eigenvalue weighted by Crippen LogP contribution is -2.46. The fourth-order valence-corrected chi connectivity index (χ4v) is 3.32. The lowest BCUT2D eigenvalue weighted by Gasteiger charge is -2.35. The Labute approximate surface area is 155 Å². The molecule has 0 bridgehead atoms. The number of pyridine rings is 1. The maximum absolute atomic E-state index is 4.83. The van der Waals surface area contributed by atoms with Crippen molar-refractivity contribution >= 4 is 29.1 Å². The van der Waals surface area contributed by atoms with Crippen LogP contribution in [0.15, 0.2) is 60.7 Å². The highest BCUT2D eigenvalue weighted by Crippen LogP contribution is 2.19. The number of halogens is 1. The fourth-order valence-electron chi connectivity index (χ4n) is 3.32. The molecule has 1 saturated heterocycles. The number of hydrogen-bond acceptors (Lipinski definition) is 3. The minimum atomic E-state index is 0. The van der Waals surface area contributed by atoms with Gasteiger partial charge >= 0.3 is 0 Å². The summed E-state index contributed by atoms with van der Waals surface area (Å²) >= 11 is 0. The monoisotopic (exact) mass is 353 g/mol. The molecule has 0 N–H and O–H groups in total. The van der Waals surface area contributed by atoms with Crippen LogP contribution in [0.3, 0.4) is 0 Å². The molecule has 25 heavy (non-hydrogen) atoms. The lowest BCUT2D eigenvalue weighted by molar-refractivity contribution is 0.249. The molecule has 4 heteroatoms. The molecule has 2 heterocycles. The summed E-state index contributed by atoms with van der Waals surface area (Å²) in [5.74, 6) is 1.10. The minimum absolute atomic E-state index is 0. The van der Waals surface area contributed by atoms with E-state index in [4.69, 9.17) is 4.98 Å². The van der Waals surface area contributed by atoms with Gasteiger partial charge in [0.25, 0.3) is 0 Å². The van der Waals surface area contributed by atoms with Crippen molar-refractivity contribution in [3.8, 4) is 0 Å². The highest BCUT2D eigenvalue weighted by Gasteiger charge is 2.18. The summed E-state index contributed by atoms with van der Waals surface area (Å²) in [5.41, 5.74) is 3.81. The molecular weight excluding hydrogens is 330 g/mol.